The van der Waals surface area contributed by atoms with E-state index >= 15 is 0 Å². The highest BCUT2D eigenvalue weighted by Crippen LogP contribution is 2.33. The first-order valence-corrected chi connectivity index (χ1v) is 10.4. The zero-order chi connectivity index (χ0) is 20.6. The van der Waals surface area contributed by atoms with Gasteiger partial charge in [0.15, 0.2) is 5.69 Å². The van der Waals surface area contributed by atoms with Crippen molar-refractivity contribution < 1.29 is 19.1 Å². The molecule has 8 heteroatoms. The average Bonchev–Trinajstić information content (AvgIpc) is 3.33. The normalized spacial score (nSPS) is 21.6. The standard InChI is InChI=1S/C22H25N5O3/c1-27(9-4-5-10-27)11-13-30-22-21(18-6-2-3-8-26(18)25-22)24-16-15-20-17(14-19(16)28)23-7-12-29-20/h2-3,6,8,14-15H,4-5,7,9-13H2,1H3/p+1/b24-16+. The van der Waals surface area contributed by atoms with Gasteiger partial charge in [0.2, 0.25) is 0 Å². The molecule has 8 nitrogen and oxygen atoms in total. The number of pyridine rings is 1. The predicted molar refractivity (Wildman–Crippen MR) is 115 cm³/mol. The molecule has 0 saturated carbocycles. The van der Waals surface area contributed by atoms with Gasteiger partial charge in [-0.1, -0.05) is 6.07 Å². The van der Waals surface area contributed by atoms with Crippen molar-refractivity contribution in [3.8, 4) is 5.88 Å². The fourth-order valence-electron chi connectivity index (χ4n) is 4.17. The summed E-state index contributed by atoms with van der Waals surface area (Å²) in [7, 11) is 2.28. The summed E-state index contributed by atoms with van der Waals surface area (Å²) in [4.78, 5) is 9.09. The quantitative estimate of drug-likeness (QED) is 0.609. The van der Waals surface area contributed by atoms with Gasteiger partial charge in [0.1, 0.15) is 42.7 Å². The number of hydrogen-bond acceptors (Lipinski definition) is 6. The minimum atomic E-state index is 0.0550. The average molecular weight is 408 g/mol. The van der Waals surface area contributed by atoms with Crippen LogP contribution in [0, 0.1) is 0 Å². The van der Waals surface area contributed by atoms with Gasteiger partial charge in [-0.2, -0.15) is 0 Å². The second-order valence-corrected chi connectivity index (χ2v) is 8.18. The maximum absolute atomic E-state index is 10.5. The van der Waals surface area contributed by atoms with Crippen LogP contribution in [-0.2, 0) is 4.74 Å². The second-order valence-electron chi connectivity index (χ2n) is 8.18. The molecule has 3 aliphatic rings. The van der Waals surface area contributed by atoms with E-state index < -0.39 is 0 Å². The first-order chi connectivity index (χ1) is 14.6. The van der Waals surface area contributed by atoms with E-state index in [1.54, 1.807) is 16.7 Å². The van der Waals surface area contributed by atoms with Gasteiger partial charge in [-0.05, 0) is 12.1 Å². The fraction of sp³-hybridized carbons (Fsp3) is 0.409. The summed E-state index contributed by atoms with van der Waals surface area (Å²) >= 11 is 0. The Morgan fingerprint density at radius 1 is 1.27 bits per heavy atom. The molecule has 2 aromatic heterocycles. The molecule has 2 aliphatic heterocycles. The van der Waals surface area contributed by atoms with Crippen LogP contribution in [0.5, 0.6) is 5.88 Å². The third kappa shape index (κ3) is 3.59. The molecule has 1 saturated heterocycles. The predicted octanol–water partition coefficient (Wildman–Crippen LogP) is 2.84. The van der Waals surface area contributed by atoms with Crippen LogP contribution in [0.25, 0.3) is 5.52 Å². The number of aliphatic hydroxyl groups is 1. The maximum atomic E-state index is 10.5. The highest BCUT2D eigenvalue weighted by molar-refractivity contribution is 6.22. The lowest BCUT2D eigenvalue weighted by Crippen LogP contribution is -2.43. The summed E-state index contributed by atoms with van der Waals surface area (Å²) in [5, 5.41) is 15.1. The number of allylic oxidation sites excluding steroid dienone is 2. The smallest absolute Gasteiger partial charge is 0.260 e. The van der Waals surface area contributed by atoms with E-state index in [1.807, 2.05) is 24.4 Å². The number of fused-ring (bicyclic) bond motifs is 2. The monoisotopic (exact) mass is 408 g/mol. The third-order valence-corrected chi connectivity index (χ3v) is 5.92. The maximum Gasteiger partial charge on any atom is 0.260 e. The molecule has 30 heavy (non-hydrogen) atoms. The molecule has 0 bridgehead atoms. The fourth-order valence-corrected chi connectivity index (χ4v) is 4.17. The minimum absolute atomic E-state index is 0.0550. The van der Waals surface area contributed by atoms with Crippen molar-refractivity contribution in [3.05, 3.63) is 48.1 Å². The molecule has 156 valence electrons. The molecule has 4 heterocycles. The highest BCUT2D eigenvalue weighted by atomic mass is 16.5. The van der Waals surface area contributed by atoms with Crippen LogP contribution in [0.15, 0.2) is 58.1 Å². The van der Waals surface area contributed by atoms with E-state index in [2.05, 4.69) is 17.1 Å². The van der Waals surface area contributed by atoms with Crippen molar-refractivity contribution in [3.63, 3.8) is 0 Å². The van der Waals surface area contributed by atoms with Gasteiger partial charge in [-0.15, -0.1) is 5.10 Å². The summed E-state index contributed by atoms with van der Waals surface area (Å²) in [6.07, 6.45) is 7.73. The van der Waals surface area contributed by atoms with Crippen LogP contribution < -0.4 is 4.74 Å². The summed E-state index contributed by atoms with van der Waals surface area (Å²) in [6, 6.07) is 5.79. The highest BCUT2D eigenvalue weighted by Gasteiger charge is 2.27. The Morgan fingerprint density at radius 2 is 2.13 bits per heavy atom. The molecule has 0 unspecified atom stereocenters. The zero-order valence-corrected chi connectivity index (χ0v) is 17.1. The molecule has 5 rings (SSSR count). The van der Waals surface area contributed by atoms with E-state index in [0.29, 0.717) is 48.5 Å². The molecule has 0 spiro atoms. The Labute approximate surface area is 175 Å². The number of hydrogen-bond donors (Lipinski definition) is 1. The van der Waals surface area contributed by atoms with Gasteiger partial charge >= 0.3 is 0 Å². The van der Waals surface area contributed by atoms with Gasteiger partial charge in [0, 0.05) is 31.2 Å². The number of aromatic nitrogens is 2. The largest absolute Gasteiger partial charge is 0.506 e. The number of likely N-dealkylation sites (tertiary alicyclic amines) is 1. The van der Waals surface area contributed by atoms with E-state index in [1.165, 1.54) is 25.9 Å². The number of nitrogens with zero attached hydrogens (tertiary/aromatic N) is 5. The van der Waals surface area contributed by atoms with Gasteiger partial charge < -0.3 is 19.1 Å². The number of aliphatic hydroxyl groups excluding tert-OH is 1. The van der Waals surface area contributed by atoms with Crippen molar-refractivity contribution in [2.24, 2.45) is 9.98 Å². The van der Waals surface area contributed by atoms with Crippen molar-refractivity contribution in [1.29, 1.82) is 0 Å². The molecule has 1 aliphatic carbocycles. The number of aliphatic imine (C=N–C) groups is 2. The van der Waals surface area contributed by atoms with Crippen molar-refractivity contribution >= 4 is 22.6 Å². The topological polar surface area (TPSA) is 80.7 Å². The van der Waals surface area contributed by atoms with Crippen molar-refractivity contribution in [2.45, 2.75) is 12.8 Å². The number of ether oxygens (including phenoxy) is 2. The van der Waals surface area contributed by atoms with E-state index in [-0.39, 0.29) is 5.76 Å². The Kier molecular flexibility index (Phi) is 4.78. The molecule has 0 radical (unpaired) electrons. The second kappa shape index (κ2) is 7.60. The van der Waals surface area contributed by atoms with Crippen LogP contribution in [0.4, 0.5) is 5.69 Å². The Morgan fingerprint density at radius 3 is 3.00 bits per heavy atom. The molecular formula is C22H26N5O3+. The Balaban J connectivity index is 1.46. The van der Waals surface area contributed by atoms with Crippen molar-refractivity contribution in [2.75, 3.05) is 46.4 Å². The SMILES string of the molecule is C[N+]1(CCOc2nn3ccccc3c2/N=C2\C=C3OCCN=C3C=C2O)CCCC1. The lowest BCUT2D eigenvalue weighted by molar-refractivity contribution is -0.897. The third-order valence-electron chi connectivity index (χ3n) is 5.92. The van der Waals surface area contributed by atoms with Crippen LogP contribution in [0.2, 0.25) is 0 Å². The van der Waals surface area contributed by atoms with Crippen molar-refractivity contribution in [1.82, 2.24) is 9.61 Å². The van der Waals surface area contributed by atoms with E-state index in [4.69, 9.17) is 14.5 Å². The van der Waals surface area contributed by atoms with Crippen LogP contribution in [0.3, 0.4) is 0 Å². The van der Waals surface area contributed by atoms with E-state index in [0.717, 1.165) is 16.5 Å². The molecule has 0 aromatic carbocycles. The first-order valence-electron chi connectivity index (χ1n) is 10.4. The molecular weight excluding hydrogens is 382 g/mol. The Bertz CT molecular complexity index is 1090. The summed E-state index contributed by atoms with van der Waals surface area (Å²) in [6.45, 7) is 5.01. The Hall–Kier alpha value is -3.13. The number of rotatable bonds is 5. The lowest BCUT2D eigenvalue weighted by Gasteiger charge is -2.28. The molecule has 0 atom stereocenters. The van der Waals surface area contributed by atoms with Gasteiger partial charge in [-0.25, -0.2) is 9.51 Å². The van der Waals surface area contributed by atoms with E-state index in [9.17, 15) is 5.11 Å². The summed E-state index contributed by atoms with van der Waals surface area (Å²) in [5.74, 6) is 1.15. The molecule has 0 amide bonds. The summed E-state index contributed by atoms with van der Waals surface area (Å²) in [5.41, 5.74) is 2.48. The molecule has 1 fully saturated rings. The number of quaternary nitrogens is 1. The number of likely N-dealkylation sites (N-methyl/N-ethyl adjacent to an activating group) is 1. The van der Waals surface area contributed by atoms with Gasteiger partial charge in [0.25, 0.3) is 5.88 Å². The summed E-state index contributed by atoms with van der Waals surface area (Å²) < 4.78 is 14.6. The van der Waals surface area contributed by atoms with Gasteiger partial charge in [0.05, 0.1) is 32.2 Å². The van der Waals surface area contributed by atoms with Crippen LogP contribution in [0.1, 0.15) is 12.8 Å². The van der Waals surface area contributed by atoms with Crippen LogP contribution in [-0.4, -0.2) is 77.1 Å². The first kappa shape index (κ1) is 18.9. The molecule has 1 N–H and O–H groups in total. The lowest BCUT2D eigenvalue weighted by atomic mass is 10.1. The van der Waals surface area contributed by atoms with Gasteiger partial charge in [-0.3, -0.25) is 4.99 Å². The van der Waals surface area contributed by atoms with Crippen LogP contribution >= 0.6 is 0 Å². The minimum Gasteiger partial charge on any atom is -0.506 e. The zero-order valence-electron chi connectivity index (χ0n) is 17.1. The molecule has 2 aromatic rings.